The molecule has 7 nitrogen and oxygen atoms in total. The van der Waals surface area contributed by atoms with Gasteiger partial charge >= 0.3 is 5.97 Å². The summed E-state index contributed by atoms with van der Waals surface area (Å²) >= 11 is 0. The summed E-state index contributed by atoms with van der Waals surface area (Å²) < 4.78 is 7.30. The van der Waals surface area contributed by atoms with Crippen LogP contribution in [0.25, 0.3) is 0 Å². The highest BCUT2D eigenvalue weighted by Gasteiger charge is 2.21. The fourth-order valence-electron chi connectivity index (χ4n) is 2.98. The molecule has 0 aliphatic rings. The molecule has 152 valence electrons. The summed E-state index contributed by atoms with van der Waals surface area (Å²) in [7, 11) is 1.80. The molecule has 1 aromatic heterocycles. The maximum Gasteiger partial charge on any atom is 0.305 e. The van der Waals surface area contributed by atoms with Gasteiger partial charge in [-0.1, -0.05) is 45.0 Å². The van der Waals surface area contributed by atoms with Crippen LogP contribution in [0.2, 0.25) is 0 Å². The third-order valence-electron chi connectivity index (χ3n) is 4.68. The van der Waals surface area contributed by atoms with Crippen LogP contribution in [0.4, 0.5) is 0 Å². The first kappa shape index (κ1) is 21.5. The number of nitrogens with zero attached hydrogens (tertiary/aromatic N) is 2. The molecule has 28 heavy (non-hydrogen) atoms. The van der Waals surface area contributed by atoms with Gasteiger partial charge in [-0.05, 0) is 30.4 Å². The molecular weight excluding hydrogens is 358 g/mol. The summed E-state index contributed by atoms with van der Waals surface area (Å²) in [6.45, 7) is 9.79. The number of carboxylic acids is 1. The Morgan fingerprint density at radius 1 is 1.21 bits per heavy atom. The molecule has 1 unspecified atom stereocenters. The Morgan fingerprint density at radius 3 is 2.29 bits per heavy atom. The van der Waals surface area contributed by atoms with Crippen molar-refractivity contribution in [2.24, 2.45) is 7.05 Å². The van der Waals surface area contributed by atoms with Crippen LogP contribution in [-0.4, -0.2) is 33.4 Å². The Morgan fingerprint density at radius 2 is 1.82 bits per heavy atom. The van der Waals surface area contributed by atoms with E-state index in [-0.39, 0.29) is 24.3 Å². The highest BCUT2D eigenvalue weighted by Crippen LogP contribution is 2.25. The molecule has 0 radical (unpaired) electrons. The van der Waals surface area contributed by atoms with E-state index >= 15 is 0 Å². The lowest BCUT2D eigenvalue weighted by atomic mass is 9.86. The number of rotatable bonds is 7. The van der Waals surface area contributed by atoms with Crippen LogP contribution in [0.3, 0.4) is 0 Å². The second kappa shape index (κ2) is 8.46. The lowest BCUT2D eigenvalue weighted by Crippen LogP contribution is -2.34. The predicted molar refractivity (Wildman–Crippen MR) is 106 cm³/mol. The van der Waals surface area contributed by atoms with Gasteiger partial charge in [-0.25, -0.2) is 0 Å². The number of amides is 1. The number of hydrogen-bond donors (Lipinski definition) is 2. The van der Waals surface area contributed by atoms with Gasteiger partial charge < -0.3 is 15.2 Å². The quantitative estimate of drug-likeness (QED) is 0.762. The summed E-state index contributed by atoms with van der Waals surface area (Å²) in [5.41, 5.74) is 3.41. The van der Waals surface area contributed by atoms with Crippen LogP contribution in [-0.2, 0) is 22.1 Å². The van der Waals surface area contributed by atoms with Crippen molar-refractivity contribution in [1.29, 1.82) is 0 Å². The normalized spacial score (nSPS) is 12.5. The second-order valence-corrected chi connectivity index (χ2v) is 8.00. The van der Waals surface area contributed by atoms with Gasteiger partial charge in [-0.15, -0.1) is 0 Å². The van der Waals surface area contributed by atoms with Gasteiger partial charge in [-0.2, -0.15) is 5.10 Å². The third-order valence-corrected chi connectivity index (χ3v) is 4.68. The zero-order valence-electron chi connectivity index (χ0n) is 17.4. The van der Waals surface area contributed by atoms with Crippen molar-refractivity contribution >= 4 is 11.9 Å². The van der Waals surface area contributed by atoms with E-state index in [9.17, 15) is 14.7 Å². The van der Waals surface area contributed by atoms with Crippen molar-refractivity contribution in [2.75, 3.05) is 6.61 Å². The van der Waals surface area contributed by atoms with Gasteiger partial charge in [0.2, 0.25) is 0 Å². The van der Waals surface area contributed by atoms with E-state index in [1.807, 2.05) is 38.1 Å². The lowest BCUT2D eigenvalue weighted by Gasteiger charge is -2.22. The van der Waals surface area contributed by atoms with E-state index in [0.29, 0.717) is 11.4 Å². The van der Waals surface area contributed by atoms with E-state index < -0.39 is 12.0 Å². The fraction of sp³-hybridized carbons (Fsp3) is 0.476. The van der Waals surface area contributed by atoms with E-state index in [0.717, 1.165) is 16.8 Å². The highest BCUT2D eigenvalue weighted by molar-refractivity contribution is 5.79. The van der Waals surface area contributed by atoms with Gasteiger partial charge in [-0.3, -0.25) is 14.3 Å². The molecule has 1 aromatic carbocycles. The number of ether oxygens (including phenoxy) is 1. The lowest BCUT2D eigenvalue weighted by molar-refractivity contribution is -0.137. The standard InChI is InChI=1S/C21H29N3O4/c1-13-20(14(2)24(6)23-13)28-12-18(25)22-17(11-19(26)27)15-7-9-16(10-8-15)21(3,4)5/h7-10,17H,11-12H2,1-6H3,(H,22,25)(H,26,27). The van der Waals surface area contributed by atoms with Gasteiger partial charge in [0.15, 0.2) is 12.4 Å². The van der Waals surface area contributed by atoms with Crippen molar-refractivity contribution in [3.63, 3.8) is 0 Å². The summed E-state index contributed by atoms with van der Waals surface area (Å²) in [5.74, 6) is -0.791. The van der Waals surface area contributed by atoms with Crippen LogP contribution in [0, 0.1) is 13.8 Å². The highest BCUT2D eigenvalue weighted by atomic mass is 16.5. The number of carboxylic acid groups (broad SMARTS) is 1. The summed E-state index contributed by atoms with van der Waals surface area (Å²) in [4.78, 5) is 23.6. The average molecular weight is 387 g/mol. The number of carbonyl (C=O) groups excluding carboxylic acids is 1. The van der Waals surface area contributed by atoms with Crippen molar-refractivity contribution in [3.8, 4) is 5.75 Å². The molecule has 1 heterocycles. The molecule has 0 aliphatic heterocycles. The van der Waals surface area contributed by atoms with E-state index in [4.69, 9.17) is 4.74 Å². The molecule has 0 spiro atoms. The topological polar surface area (TPSA) is 93.5 Å². The fourth-order valence-corrected chi connectivity index (χ4v) is 2.98. The van der Waals surface area contributed by atoms with Crippen molar-refractivity contribution in [2.45, 2.75) is 52.5 Å². The van der Waals surface area contributed by atoms with Gasteiger partial charge in [0.1, 0.15) is 5.69 Å². The zero-order chi connectivity index (χ0) is 21.1. The molecular formula is C21H29N3O4. The number of benzene rings is 1. The Kier molecular flexibility index (Phi) is 6.48. The SMILES string of the molecule is Cc1nn(C)c(C)c1OCC(=O)NC(CC(=O)O)c1ccc(C(C)(C)C)cc1. The number of aryl methyl sites for hydroxylation is 2. The predicted octanol–water partition coefficient (Wildman–Crippen LogP) is 3.05. The molecule has 0 saturated heterocycles. The van der Waals surface area contributed by atoms with Crippen molar-refractivity contribution < 1.29 is 19.4 Å². The second-order valence-electron chi connectivity index (χ2n) is 8.00. The number of carbonyl (C=O) groups is 2. The zero-order valence-corrected chi connectivity index (χ0v) is 17.4. The van der Waals surface area contributed by atoms with Crippen LogP contribution >= 0.6 is 0 Å². The Labute approximate surface area is 165 Å². The molecule has 1 atom stereocenters. The number of nitrogens with one attached hydrogen (secondary N) is 1. The molecule has 2 N–H and O–H groups in total. The van der Waals surface area contributed by atoms with Crippen LogP contribution in [0.15, 0.2) is 24.3 Å². The van der Waals surface area contributed by atoms with Gasteiger partial charge in [0, 0.05) is 7.05 Å². The third kappa shape index (κ3) is 5.34. The minimum Gasteiger partial charge on any atom is -0.481 e. The first-order valence-corrected chi connectivity index (χ1v) is 9.23. The molecule has 7 heteroatoms. The minimum atomic E-state index is -0.981. The molecule has 0 fully saturated rings. The Hall–Kier alpha value is -2.83. The number of hydrogen-bond acceptors (Lipinski definition) is 4. The number of aromatic nitrogens is 2. The van der Waals surface area contributed by atoms with E-state index in [1.165, 1.54) is 0 Å². The van der Waals surface area contributed by atoms with Gasteiger partial charge in [0.05, 0.1) is 18.2 Å². The van der Waals surface area contributed by atoms with Crippen molar-refractivity contribution in [3.05, 3.63) is 46.8 Å². The molecule has 0 bridgehead atoms. The largest absolute Gasteiger partial charge is 0.481 e. The molecule has 2 aromatic rings. The smallest absolute Gasteiger partial charge is 0.305 e. The average Bonchev–Trinajstić information content (AvgIpc) is 2.83. The van der Waals surface area contributed by atoms with Gasteiger partial charge in [0.25, 0.3) is 5.91 Å². The molecule has 0 saturated carbocycles. The number of aliphatic carboxylic acids is 1. The minimum absolute atomic E-state index is 0.00263. The monoisotopic (exact) mass is 387 g/mol. The van der Waals surface area contributed by atoms with Crippen LogP contribution in [0.5, 0.6) is 5.75 Å². The van der Waals surface area contributed by atoms with Crippen molar-refractivity contribution in [1.82, 2.24) is 15.1 Å². The summed E-state index contributed by atoms with van der Waals surface area (Å²) in [6.07, 6.45) is -0.203. The first-order chi connectivity index (χ1) is 13.0. The van der Waals surface area contributed by atoms with E-state index in [2.05, 4.69) is 31.2 Å². The summed E-state index contributed by atoms with van der Waals surface area (Å²) in [5, 5.41) is 16.2. The first-order valence-electron chi connectivity index (χ1n) is 9.23. The van der Waals surface area contributed by atoms with E-state index in [1.54, 1.807) is 11.7 Å². The Balaban J connectivity index is 2.09. The molecule has 0 aliphatic carbocycles. The molecule has 1 amide bonds. The summed E-state index contributed by atoms with van der Waals surface area (Å²) in [6, 6.07) is 7.04. The van der Waals surface area contributed by atoms with Crippen LogP contribution < -0.4 is 10.1 Å². The van der Waals surface area contributed by atoms with Crippen LogP contribution in [0.1, 0.15) is 55.7 Å². The Bertz CT molecular complexity index is 848. The molecule has 2 rings (SSSR count). The maximum absolute atomic E-state index is 12.4. The maximum atomic E-state index is 12.4.